The minimum Gasteiger partial charge on any atom is -0.371 e. The molecule has 0 bridgehead atoms. The molecule has 1 atom stereocenters. The summed E-state index contributed by atoms with van der Waals surface area (Å²) in [4.78, 5) is 11.4. The van der Waals surface area contributed by atoms with Crippen LogP contribution in [0.2, 0.25) is 0 Å². The van der Waals surface area contributed by atoms with Crippen LogP contribution in [0.3, 0.4) is 0 Å². The number of aromatic nitrogens is 2. The van der Waals surface area contributed by atoms with Crippen LogP contribution < -0.4 is 10.2 Å². The van der Waals surface area contributed by atoms with Crippen LogP contribution in [0.4, 0.5) is 11.5 Å². The standard InChI is InChI=1S/C18H24N4/c1-13-14(2)20-15(3)21-18(13)19-11-16-9-10-22(12-16)17-7-5-4-6-8-17/h4-8,16H,9-12H2,1-3H3,(H,19,20,21). The molecule has 3 rings (SSSR count). The third kappa shape index (κ3) is 3.21. The lowest BCUT2D eigenvalue weighted by Gasteiger charge is -2.19. The molecule has 0 radical (unpaired) electrons. The van der Waals surface area contributed by atoms with Gasteiger partial charge in [-0.15, -0.1) is 0 Å². The van der Waals surface area contributed by atoms with E-state index in [1.54, 1.807) is 0 Å². The number of nitrogens with one attached hydrogen (secondary N) is 1. The molecule has 0 spiro atoms. The molecule has 2 aromatic rings. The number of nitrogens with zero attached hydrogens (tertiary/aromatic N) is 3. The van der Waals surface area contributed by atoms with Gasteiger partial charge < -0.3 is 10.2 Å². The molecule has 22 heavy (non-hydrogen) atoms. The maximum atomic E-state index is 4.54. The normalized spacial score (nSPS) is 17.8. The van der Waals surface area contributed by atoms with Crippen LogP contribution >= 0.6 is 0 Å². The zero-order valence-corrected chi connectivity index (χ0v) is 13.6. The summed E-state index contributed by atoms with van der Waals surface area (Å²) >= 11 is 0. The Morgan fingerprint density at radius 1 is 1.14 bits per heavy atom. The average Bonchev–Trinajstić information content (AvgIpc) is 2.99. The third-order valence-electron chi connectivity index (χ3n) is 4.47. The lowest BCUT2D eigenvalue weighted by Crippen LogP contribution is -2.23. The van der Waals surface area contributed by atoms with E-state index in [2.05, 4.69) is 57.4 Å². The molecule has 1 aromatic carbocycles. The van der Waals surface area contributed by atoms with Crippen molar-refractivity contribution in [3.8, 4) is 0 Å². The maximum absolute atomic E-state index is 4.54. The first-order valence-corrected chi connectivity index (χ1v) is 7.99. The minimum atomic E-state index is 0.662. The van der Waals surface area contributed by atoms with Crippen LogP contribution in [-0.2, 0) is 0 Å². The van der Waals surface area contributed by atoms with Gasteiger partial charge in [0.25, 0.3) is 0 Å². The molecule has 1 aliphatic rings. The van der Waals surface area contributed by atoms with Gasteiger partial charge in [-0.1, -0.05) is 18.2 Å². The molecule has 1 N–H and O–H groups in total. The zero-order chi connectivity index (χ0) is 15.5. The van der Waals surface area contributed by atoms with Crippen LogP contribution in [0, 0.1) is 26.7 Å². The van der Waals surface area contributed by atoms with Gasteiger partial charge in [-0.3, -0.25) is 0 Å². The van der Waals surface area contributed by atoms with Gasteiger partial charge in [0.15, 0.2) is 0 Å². The number of rotatable bonds is 4. The molecule has 1 aromatic heterocycles. The van der Waals surface area contributed by atoms with E-state index in [0.29, 0.717) is 5.92 Å². The summed E-state index contributed by atoms with van der Waals surface area (Å²) < 4.78 is 0. The van der Waals surface area contributed by atoms with Crippen molar-refractivity contribution in [3.05, 3.63) is 47.4 Å². The largest absolute Gasteiger partial charge is 0.371 e. The molecule has 1 aliphatic heterocycles. The highest BCUT2D eigenvalue weighted by Crippen LogP contribution is 2.24. The van der Waals surface area contributed by atoms with Crippen molar-refractivity contribution in [2.24, 2.45) is 5.92 Å². The molecule has 2 heterocycles. The number of benzene rings is 1. The van der Waals surface area contributed by atoms with Crippen molar-refractivity contribution >= 4 is 11.5 Å². The van der Waals surface area contributed by atoms with Gasteiger partial charge in [0.05, 0.1) is 0 Å². The van der Waals surface area contributed by atoms with Gasteiger partial charge in [-0.05, 0) is 45.2 Å². The van der Waals surface area contributed by atoms with Crippen molar-refractivity contribution in [1.82, 2.24) is 9.97 Å². The zero-order valence-electron chi connectivity index (χ0n) is 13.6. The minimum absolute atomic E-state index is 0.662. The van der Waals surface area contributed by atoms with Gasteiger partial charge in [-0.25, -0.2) is 9.97 Å². The van der Waals surface area contributed by atoms with E-state index < -0.39 is 0 Å². The second kappa shape index (κ2) is 6.34. The Hall–Kier alpha value is -2.10. The average molecular weight is 296 g/mol. The van der Waals surface area contributed by atoms with Crippen molar-refractivity contribution in [2.45, 2.75) is 27.2 Å². The summed E-state index contributed by atoms with van der Waals surface area (Å²) in [5, 5.41) is 3.53. The Bertz CT molecular complexity index is 639. The van der Waals surface area contributed by atoms with Crippen LogP contribution in [0.15, 0.2) is 30.3 Å². The van der Waals surface area contributed by atoms with Gasteiger partial charge in [0.2, 0.25) is 0 Å². The Labute approximate surface area is 132 Å². The molecule has 0 amide bonds. The van der Waals surface area contributed by atoms with E-state index in [9.17, 15) is 0 Å². The van der Waals surface area contributed by atoms with E-state index >= 15 is 0 Å². The van der Waals surface area contributed by atoms with E-state index in [0.717, 1.165) is 42.5 Å². The second-order valence-electron chi connectivity index (χ2n) is 6.15. The van der Waals surface area contributed by atoms with E-state index in [4.69, 9.17) is 0 Å². The Kier molecular flexibility index (Phi) is 4.27. The van der Waals surface area contributed by atoms with Crippen molar-refractivity contribution < 1.29 is 0 Å². The highest BCUT2D eigenvalue weighted by atomic mass is 15.2. The van der Waals surface area contributed by atoms with Crippen molar-refractivity contribution in [1.29, 1.82) is 0 Å². The first-order chi connectivity index (χ1) is 10.6. The lowest BCUT2D eigenvalue weighted by molar-refractivity contribution is 0.620. The quantitative estimate of drug-likeness (QED) is 0.939. The topological polar surface area (TPSA) is 41.1 Å². The first kappa shape index (κ1) is 14.8. The summed E-state index contributed by atoms with van der Waals surface area (Å²) in [7, 11) is 0. The molecule has 4 nitrogen and oxygen atoms in total. The fourth-order valence-corrected chi connectivity index (χ4v) is 3.05. The summed E-state index contributed by atoms with van der Waals surface area (Å²) in [6.45, 7) is 9.30. The molecule has 4 heteroatoms. The number of hydrogen-bond acceptors (Lipinski definition) is 4. The summed E-state index contributed by atoms with van der Waals surface area (Å²) in [6, 6.07) is 10.7. The van der Waals surface area contributed by atoms with Gasteiger partial charge in [-0.2, -0.15) is 0 Å². The molecule has 0 saturated carbocycles. The first-order valence-electron chi connectivity index (χ1n) is 7.99. The SMILES string of the molecule is Cc1nc(C)c(C)c(NCC2CCN(c3ccccc3)C2)n1. The number of aryl methyl sites for hydroxylation is 2. The molecular formula is C18H24N4. The van der Waals surface area contributed by atoms with E-state index in [1.807, 2.05) is 13.8 Å². The van der Waals surface area contributed by atoms with Crippen molar-refractivity contribution in [2.75, 3.05) is 29.9 Å². The molecule has 0 aliphatic carbocycles. The van der Waals surface area contributed by atoms with Crippen LogP contribution in [0.5, 0.6) is 0 Å². The molecule has 1 saturated heterocycles. The highest BCUT2D eigenvalue weighted by molar-refractivity contribution is 5.48. The molecule has 1 fully saturated rings. The Morgan fingerprint density at radius 2 is 1.91 bits per heavy atom. The van der Waals surface area contributed by atoms with Crippen LogP contribution in [0.25, 0.3) is 0 Å². The Balaban J connectivity index is 1.60. The van der Waals surface area contributed by atoms with E-state index in [-0.39, 0.29) is 0 Å². The second-order valence-corrected chi connectivity index (χ2v) is 6.15. The van der Waals surface area contributed by atoms with Gasteiger partial charge in [0.1, 0.15) is 11.6 Å². The predicted octanol–water partition coefficient (Wildman–Crippen LogP) is 3.34. The van der Waals surface area contributed by atoms with Crippen molar-refractivity contribution in [3.63, 3.8) is 0 Å². The summed E-state index contributed by atoms with van der Waals surface area (Å²) in [5.41, 5.74) is 3.55. The third-order valence-corrected chi connectivity index (χ3v) is 4.47. The van der Waals surface area contributed by atoms with Crippen LogP contribution in [-0.4, -0.2) is 29.6 Å². The summed E-state index contributed by atoms with van der Waals surface area (Å²) in [6.07, 6.45) is 1.23. The molecule has 116 valence electrons. The fourth-order valence-electron chi connectivity index (χ4n) is 3.05. The number of para-hydroxylation sites is 1. The fraction of sp³-hybridized carbons (Fsp3) is 0.444. The number of anilines is 2. The Morgan fingerprint density at radius 3 is 2.68 bits per heavy atom. The monoisotopic (exact) mass is 296 g/mol. The highest BCUT2D eigenvalue weighted by Gasteiger charge is 2.22. The molecule has 1 unspecified atom stereocenters. The smallest absolute Gasteiger partial charge is 0.132 e. The summed E-state index contributed by atoms with van der Waals surface area (Å²) in [5.74, 6) is 2.49. The predicted molar refractivity (Wildman–Crippen MR) is 91.5 cm³/mol. The molecular weight excluding hydrogens is 272 g/mol. The number of hydrogen-bond donors (Lipinski definition) is 1. The van der Waals surface area contributed by atoms with Gasteiger partial charge >= 0.3 is 0 Å². The lowest BCUT2D eigenvalue weighted by atomic mass is 10.1. The van der Waals surface area contributed by atoms with Crippen LogP contribution in [0.1, 0.15) is 23.5 Å². The maximum Gasteiger partial charge on any atom is 0.132 e. The van der Waals surface area contributed by atoms with Gasteiger partial charge in [0, 0.05) is 36.6 Å². The van der Waals surface area contributed by atoms with E-state index in [1.165, 1.54) is 12.1 Å².